The molecular formula is C24H30O13. The average molecular weight is 526 g/mol. The highest BCUT2D eigenvalue weighted by atomic mass is 16.7. The maximum Gasteiger partial charge on any atom is 0.339 e. The third-order valence-corrected chi connectivity index (χ3v) is 5.15. The van der Waals surface area contributed by atoms with Gasteiger partial charge in [-0.2, -0.15) is 0 Å². The Bertz CT molecular complexity index is 1000. The van der Waals surface area contributed by atoms with Crippen molar-refractivity contribution in [3.8, 4) is 11.5 Å². The van der Waals surface area contributed by atoms with Gasteiger partial charge in [-0.05, 0) is 24.1 Å². The monoisotopic (exact) mass is 526 g/mol. The zero-order chi connectivity index (χ0) is 27.7. The van der Waals surface area contributed by atoms with Crippen LogP contribution >= 0.6 is 0 Å². The summed E-state index contributed by atoms with van der Waals surface area (Å²) in [5.74, 6) is -3.41. The van der Waals surface area contributed by atoms with Crippen LogP contribution in [0.15, 0.2) is 18.2 Å². The number of ether oxygens (including phenoxy) is 8. The molecule has 0 saturated carbocycles. The van der Waals surface area contributed by atoms with Gasteiger partial charge < -0.3 is 37.9 Å². The van der Waals surface area contributed by atoms with E-state index in [1.807, 2.05) is 0 Å². The van der Waals surface area contributed by atoms with Gasteiger partial charge in [-0.1, -0.05) is 6.07 Å². The maximum absolute atomic E-state index is 12.5. The van der Waals surface area contributed by atoms with Crippen molar-refractivity contribution < 1.29 is 61.9 Å². The average Bonchev–Trinajstić information content (AvgIpc) is 2.84. The Labute approximate surface area is 213 Å². The van der Waals surface area contributed by atoms with E-state index in [0.29, 0.717) is 6.42 Å². The predicted octanol–water partition coefficient (Wildman–Crippen LogP) is 0.873. The summed E-state index contributed by atoms with van der Waals surface area (Å²) < 4.78 is 42.3. The zero-order valence-electron chi connectivity index (χ0n) is 21.3. The minimum atomic E-state index is -1.60. The second-order valence-corrected chi connectivity index (χ2v) is 7.85. The van der Waals surface area contributed by atoms with Crippen molar-refractivity contribution in [3.63, 3.8) is 0 Å². The number of rotatable bonds is 10. The number of hydrogen-bond donors (Lipinski definition) is 0. The topological polar surface area (TPSA) is 159 Å². The summed E-state index contributed by atoms with van der Waals surface area (Å²) in [5.41, 5.74) is 0.732. The summed E-state index contributed by atoms with van der Waals surface area (Å²) in [4.78, 5) is 59.6. The SMILES string of the molecule is COC(=O)CCc1ccc(O[C@@H]2O[C@H](C(=O)OC)[C@@H](OC(C)=O)[C@H](OC(C)=O)[C@H]2OC(C)=O)c(OC)c1. The van der Waals surface area contributed by atoms with Gasteiger partial charge in [0.25, 0.3) is 0 Å². The molecule has 0 radical (unpaired) electrons. The second-order valence-electron chi connectivity index (χ2n) is 7.85. The molecule has 13 nitrogen and oxygen atoms in total. The van der Waals surface area contributed by atoms with Gasteiger partial charge in [0, 0.05) is 27.2 Å². The number of methoxy groups -OCH3 is 3. The molecule has 1 aromatic carbocycles. The minimum Gasteiger partial charge on any atom is -0.493 e. The van der Waals surface area contributed by atoms with E-state index in [2.05, 4.69) is 4.74 Å². The summed E-state index contributed by atoms with van der Waals surface area (Å²) in [6, 6.07) is 4.80. The van der Waals surface area contributed by atoms with Crippen molar-refractivity contribution >= 4 is 29.8 Å². The van der Waals surface area contributed by atoms with Crippen molar-refractivity contribution in [2.75, 3.05) is 21.3 Å². The number of esters is 5. The first-order valence-electron chi connectivity index (χ1n) is 11.2. The lowest BCUT2D eigenvalue weighted by Gasteiger charge is -2.43. The van der Waals surface area contributed by atoms with E-state index in [1.54, 1.807) is 12.1 Å². The van der Waals surface area contributed by atoms with Gasteiger partial charge in [-0.3, -0.25) is 19.2 Å². The molecule has 0 aromatic heterocycles. The van der Waals surface area contributed by atoms with Gasteiger partial charge in [0.1, 0.15) is 0 Å². The quantitative estimate of drug-likeness (QED) is 0.312. The van der Waals surface area contributed by atoms with Gasteiger partial charge >= 0.3 is 29.8 Å². The molecule has 1 aliphatic heterocycles. The molecule has 0 aliphatic carbocycles. The Kier molecular flexibility index (Phi) is 10.7. The minimum absolute atomic E-state index is 0.114. The lowest BCUT2D eigenvalue weighted by Crippen LogP contribution is -2.64. The number of hydrogen-bond acceptors (Lipinski definition) is 13. The fraction of sp³-hybridized carbons (Fsp3) is 0.542. The summed E-state index contributed by atoms with van der Waals surface area (Å²) >= 11 is 0. The van der Waals surface area contributed by atoms with Crippen LogP contribution in [0.4, 0.5) is 0 Å². The van der Waals surface area contributed by atoms with Gasteiger partial charge in [0.05, 0.1) is 21.3 Å². The van der Waals surface area contributed by atoms with Crippen LogP contribution in [0.25, 0.3) is 0 Å². The van der Waals surface area contributed by atoms with E-state index < -0.39 is 54.6 Å². The van der Waals surface area contributed by atoms with Gasteiger partial charge in [0.15, 0.2) is 29.8 Å². The predicted molar refractivity (Wildman–Crippen MR) is 121 cm³/mol. The van der Waals surface area contributed by atoms with Crippen molar-refractivity contribution in [3.05, 3.63) is 23.8 Å². The lowest BCUT2D eigenvalue weighted by atomic mass is 9.97. The van der Waals surface area contributed by atoms with E-state index in [-0.39, 0.29) is 23.9 Å². The third-order valence-electron chi connectivity index (χ3n) is 5.15. The van der Waals surface area contributed by atoms with E-state index in [9.17, 15) is 24.0 Å². The summed E-state index contributed by atoms with van der Waals surface area (Å²) in [6.07, 6.45) is -7.08. The molecule has 37 heavy (non-hydrogen) atoms. The zero-order valence-corrected chi connectivity index (χ0v) is 21.3. The highest BCUT2D eigenvalue weighted by Crippen LogP contribution is 2.35. The molecule has 2 rings (SSSR count). The van der Waals surface area contributed by atoms with Gasteiger partial charge in [-0.15, -0.1) is 0 Å². The van der Waals surface area contributed by atoms with Crippen LogP contribution in [0, 0.1) is 0 Å². The molecular weight excluding hydrogens is 496 g/mol. The number of benzene rings is 1. The van der Waals surface area contributed by atoms with Crippen molar-refractivity contribution in [1.82, 2.24) is 0 Å². The third kappa shape index (κ3) is 8.07. The second kappa shape index (κ2) is 13.4. The fourth-order valence-corrected chi connectivity index (χ4v) is 3.61. The van der Waals surface area contributed by atoms with Crippen LogP contribution in [0.5, 0.6) is 11.5 Å². The molecule has 1 aliphatic rings. The first-order valence-corrected chi connectivity index (χ1v) is 11.2. The maximum atomic E-state index is 12.5. The summed E-state index contributed by atoms with van der Waals surface area (Å²) in [5, 5.41) is 0. The molecule has 204 valence electrons. The molecule has 0 amide bonds. The van der Waals surface area contributed by atoms with Gasteiger partial charge in [-0.25, -0.2) is 4.79 Å². The lowest BCUT2D eigenvalue weighted by molar-refractivity contribution is -0.282. The largest absolute Gasteiger partial charge is 0.493 e. The van der Waals surface area contributed by atoms with E-state index in [0.717, 1.165) is 33.4 Å². The van der Waals surface area contributed by atoms with E-state index in [1.165, 1.54) is 20.3 Å². The molecule has 0 unspecified atom stereocenters. The Morgan fingerprint density at radius 2 is 1.38 bits per heavy atom. The highest BCUT2D eigenvalue weighted by molar-refractivity contribution is 5.77. The van der Waals surface area contributed by atoms with Crippen molar-refractivity contribution in [2.24, 2.45) is 0 Å². The highest BCUT2D eigenvalue weighted by Gasteiger charge is 2.56. The molecule has 1 saturated heterocycles. The fourth-order valence-electron chi connectivity index (χ4n) is 3.61. The Morgan fingerprint density at radius 1 is 0.784 bits per heavy atom. The first kappa shape index (κ1) is 29.4. The van der Waals surface area contributed by atoms with E-state index in [4.69, 9.17) is 33.2 Å². The van der Waals surface area contributed by atoms with Crippen molar-refractivity contribution in [1.29, 1.82) is 0 Å². The molecule has 5 atom stereocenters. The Hall–Kier alpha value is -3.87. The van der Waals surface area contributed by atoms with Crippen LogP contribution < -0.4 is 9.47 Å². The van der Waals surface area contributed by atoms with Crippen LogP contribution in [0.1, 0.15) is 32.8 Å². The number of carbonyl (C=O) groups excluding carboxylic acids is 5. The molecule has 1 heterocycles. The van der Waals surface area contributed by atoms with Crippen molar-refractivity contribution in [2.45, 2.75) is 64.3 Å². The molecule has 0 spiro atoms. The van der Waals surface area contributed by atoms with Crippen LogP contribution in [-0.2, 0) is 58.8 Å². The first-order chi connectivity index (χ1) is 17.5. The summed E-state index contributed by atoms with van der Waals surface area (Å²) in [6.45, 7) is 3.27. The molecule has 0 bridgehead atoms. The molecule has 1 fully saturated rings. The van der Waals surface area contributed by atoms with E-state index >= 15 is 0 Å². The smallest absolute Gasteiger partial charge is 0.339 e. The number of carbonyl (C=O) groups is 5. The normalized spacial score (nSPS) is 22.7. The molecule has 13 heteroatoms. The molecule has 0 N–H and O–H groups in total. The summed E-state index contributed by atoms with van der Waals surface area (Å²) in [7, 11) is 3.76. The van der Waals surface area contributed by atoms with Crippen LogP contribution in [0.2, 0.25) is 0 Å². The number of aryl methyl sites for hydroxylation is 1. The van der Waals surface area contributed by atoms with Crippen LogP contribution in [-0.4, -0.2) is 81.9 Å². The Balaban J connectivity index is 2.47. The van der Waals surface area contributed by atoms with Crippen LogP contribution in [0.3, 0.4) is 0 Å². The molecule has 1 aromatic rings. The standard InChI is InChI=1S/C24H30O13/c1-12(25)33-19-20(34-13(2)26)22(35-14(3)27)24(37-21(19)23(29)32-6)36-16-9-7-15(11-17(16)30-4)8-10-18(28)31-5/h7,9,11,19-22,24H,8,10H2,1-6H3/t19-,20-,21-,22+,24+/m0/s1. The Morgan fingerprint density at radius 3 is 1.92 bits per heavy atom. The van der Waals surface area contributed by atoms with Gasteiger partial charge in [0.2, 0.25) is 12.4 Å².